The molecular weight excluding hydrogens is 542 g/mol. The van der Waals surface area contributed by atoms with Gasteiger partial charge in [0.2, 0.25) is 17.4 Å². The van der Waals surface area contributed by atoms with Gasteiger partial charge >= 0.3 is 5.92 Å². The van der Waals surface area contributed by atoms with Gasteiger partial charge in [-0.05, 0) is 55.5 Å². The van der Waals surface area contributed by atoms with E-state index in [0.717, 1.165) is 22.6 Å². The fourth-order valence-electron chi connectivity index (χ4n) is 5.67. The summed E-state index contributed by atoms with van der Waals surface area (Å²) in [4.78, 5) is 29.4. The molecule has 0 radical (unpaired) electrons. The number of alkyl halides is 2. The lowest BCUT2D eigenvalue weighted by molar-refractivity contribution is -0.170. The highest BCUT2D eigenvalue weighted by Gasteiger charge is 2.55. The number of nitrogens with zero attached hydrogens (tertiary/aromatic N) is 2. The number of methoxy groups -OCH3 is 6. The van der Waals surface area contributed by atoms with E-state index >= 15 is 8.78 Å². The van der Waals surface area contributed by atoms with Gasteiger partial charge in [0.1, 0.15) is 6.04 Å². The second-order valence-corrected chi connectivity index (χ2v) is 9.87. The van der Waals surface area contributed by atoms with Crippen LogP contribution in [0.1, 0.15) is 30.4 Å². The van der Waals surface area contributed by atoms with Crippen molar-refractivity contribution in [1.82, 2.24) is 9.80 Å². The molecule has 0 saturated carbocycles. The maximum atomic E-state index is 15.7. The SMILES string of the molecule is COc1cc(CCCN2CC3CCC(C2=O)N3C(=O)C(F)(F)c2cc(OC)c(OC)c(OC)c2)cc(OC)c1OC. The second-order valence-electron chi connectivity index (χ2n) is 9.87. The van der Waals surface area contributed by atoms with Crippen LogP contribution in [0.3, 0.4) is 0 Å². The van der Waals surface area contributed by atoms with Crippen LogP contribution in [-0.2, 0) is 21.9 Å². The molecule has 0 aliphatic carbocycles. The third kappa shape index (κ3) is 5.51. The number of benzene rings is 2. The van der Waals surface area contributed by atoms with Crippen molar-refractivity contribution in [1.29, 1.82) is 0 Å². The topological polar surface area (TPSA) is 96.0 Å². The van der Waals surface area contributed by atoms with Crippen molar-refractivity contribution in [3.05, 3.63) is 35.4 Å². The summed E-state index contributed by atoms with van der Waals surface area (Å²) in [5.74, 6) is -3.93. The molecule has 2 aromatic carbocycles. The molecule has 2 aliphatic heterocycles. The fraction of sp³-hybridized carbons (Fsp3) is 0.517. The second kappa shape index (κ2) is 12.3. The van der Waals surface area contributed by atoms with Crippen LogP contribution in [0.5, 0.6) is 34.5 Å². The number of aryl methyl sites for hydroxylation is 1. The van der Waals surface area contributed by atoms with E-state index in [1.165, 1.54) is 28.4 Å². The lowest BCUT2D eigenvalue weighted by atomic mass is 10.0. The summed E-state index contributed by atoms with van der Waals surface area (Å²) in [6.45, 7) is 0.620. The monoisotopic (exact) mass is 578 g/mol. The van der Waals surface area contributed by atoms with Crippen LogP contribution in [0.2, 0.25) is 0 Å². The largest absolute Gasteiger partial charge is 0.493 e. The molecule has 0 spiro atoms. The first kappa shape index (κ1) is 30.0. The smallest absolute Gasteiger partial charge is 0.350 e. The first-order valence-electron chi connectivity index (χ1n) is 13.2. The van der Waals surface area contributed by atoms with E-state index in [-0.39, 0.29) is 29.7 Å². The van der Waals surface area contributed by atoms with E-state index in [0.29, 0.717) is 49.5 Å². The Morgan fingerprint density at radius 2 is 1.34 bits per heavy atom. The molecule has 2 bridgehead atoms. The molecule has 2 unspecified atom stereocenters. The molecule has 2 fully saturated rings. The third-order valence-electron chi connectivity index (χ3n) is 7.68. The van der Waals surface area contributed by atoms with Gasteiger partial charge in [-0.2, -0.15) is 8.78 Å². The molecule has 224 valence electrons. The van der Waals surface area contributed by atoms with E-state index in [9.17, 15) is 9.59 Å². The maximum absolute atomic E-state index is 15.7. The van der Waals surface area contributed by atoms with Gasteiger partial charge in [-0.15, -0.1) is 0 Å². The third-order valence-corrected chi connectivity index (χ3v) is 7.68. The molecular formula is C29H36F2N2O8. The Morgan fingerprint density at radius 3 is 1.83 bits per heavy atom. The van der Waals surface area contributed by atoms with Gasteiger partial charge in [-0.3, -0.25) is 9.59 Å². The average Bonchev–Trinajstić information content (AvgIpc) is 3.33. The number of ether oxygens (including phenoxy) is 6. The number of rotatable bonds is 12. The summed E-state index contributed by atoms with van der Waals surface area (Å²) < 4.78 is 63.1. The van der Waals surface area contributed by atoms with Crippen LogP contribution in [0.15, 0.2) is 24.3 Å². The Hall–Kier alpha value is -3.96. The Labute approximate surface area is 238 Å². The highest BCUT2D eigenvalue weighted by atomic mass is 19.3. The lowest BCUT2D eigenvalue weighted by Crippen LogP contribution is -2.61. The number of piperazine rings is 1. The van der Waals surface area contributed by atoms with Crippen molar-refractivity contribution >= 4 is 11.8 Å². The van der Waals surface area contributed by atoms with Crippen LogP contribution >= 0.6 is 0 Å². The van der Waals surface area contributed by atoms with Gasteiger partial charge in [-0.1, -0.05) is 0 Å². The maximum Gasteiger partial charge on any atom is 0.350 e. The Morgan fingerprint density at radius 1 is 0.829 bits per heavy atom. The molecule has 0 aromatic heterocycles. The van der Waals surface area contributed by atoms with Gasteiger partial charge in [-0.25, -0.2) is 0 Å². The normalized spacial score (nSPS) is 18.3. The molecule has 41 heavy (non-hydrogen) atoms. The van der Waals surface area contributed by atoms with Crippen molar-refractivity contribution in [3.8, 4) is 34.5 Å². The first-order chi connectivity index (χ1) is 19.6. The molecule has 2 heterocycles. The Balaban J connectivity index is 1.47. The molecule has 10 nitrogen and oxygen atoms in total. The van der Waals surface area contributed by atoms with Crippen molar-refractivity contribution in [2.75, 3.05) is 55.7 Å². The lowest BCUT2D eigenvalue weighted by Gasteiger charge is -2.41. The summed E-state index contributed by atoms with van der Waals surface area (Å²) in [5, 5.41) is 0. The molecule has 0 N–H and O–H groups in total. The molecule has 4 rings (SSSR count). The van der Waals surface area contributed by atoms with Crippen LogP contribution in [0.25, 0.3) is 0 Å². The summed E-state index contributed by atoms with van der Waals surface area (Å²) in [6.07, 6.45) is 2.05. The fourth-order valence-corrected chi connectivity index (χ4v) is 5.67. The Bertz CT molecular complexity index is 1240. The highest BCUT2D eigenvalue weighted by Crippen LogP contribution is 2.45. The number of hydrogen-bond donors (Lipinski definition) is 0. The zero-order valence-corrected chi connectivity index (χ0v) is 24.1. The van der Waals surface area contributed by atoms with Crippen LogP contribution < -0.4 is 28.4 Å². The Kier molecular flexibility index (Phi) is 8.98. The number of carbonyl (C=O) groups excluding carboxylic acids is 2. The quantitative estimate of drug-likeness (QED) is 0.377. The van der Waals surface area contributed by atoms with Gasteiger partial charge < -0.3 is 38.2 Å². The summed E-state index contributed by atoms with van der Waals surface area (Å²) in [5.41, 5.74) is 0.338. The number of carbonyl (C=O) groups is 2. The number of fused-ring (bicyclic) bond motifs is 2. The minimum Gasteiger partial charge on any atom is -0.493 e. The summed E-state index contributed by atoms with van der Waals surface area (Å²) in [6, 6.07) is 4.39. The van der Waals surface area contributed by atoms with E-state index in [4.69, 9.17) is 28.4 Å². The van der Waals surface area contributed by atoms with E-state index < -0.39 is 29.5 Å². The van der Waals surface area contributed by atoms with Gasteiger partial charge in [0.25, 0.3) is 5.91 Å². The van der Waals surface area contributed by atoms with Crippen molar-refractivity contribution in [2.45, 2.75) is 43.7 Å². The van der Waals surface area contributed by atoms with Gasteiger partial charge in [0.05, 0.1) is 48.7 Å². The average molecular weight is 579 g/mol. The highest BCUT2D eigenvalue weighted by molar-refractivity contribution is 5.93. The number of likely N-dealkylation sites (tertiary alicyclic amines) is 1. The van der Waals surface area contributed by atoms with E-state index in [1.54, 1.807) is 19.1 Å². The molecule has 2 aromatic rings. The summed E-state index contributed by atoms with van der Waals surface area (Å²) in [7, 11) is 8.59. The van der Waals surface area contributed by atoms with Crippen LogP contribution in [-0.4, -0.2) is 89.4 Å². The number of amides is 2. The molecule has 2 saturated heterocycles. The predicted molar refractivity (Wildman–Crippen MR) is 145 cm³/mol. The minimum atomic E-state index is -3.91. The molecule has 12 heteroatoms. The molecule has 2 amide bonds. The van der Waals surface area contributed by atoms with Crippen molar-refractivity contribution in [2.24, 2.45) is 0 Å². The van der Waals surface area contributed by atoms with E-state index in [2.05, 4.69) is 0 Å². The van der Waals surface area contributed by atoms with Gasteiger partial charge in [0.15, 0.2) is 23.0 Å². The van der Waals surface area contributed by atoms with Crippen molar-refractivity contribution in [3.63, 3.8) is 0 Å². The van der Waals surface area contributed by atoms with Crippen molar-refractivity contribution < 1.29 is 46.8 Å². The zero-order valence-electron chi connectivity index (χ0n) is 24.1. The zero-order chi connectivity index (χ0) is 29.9. The van der Waals surface area contributed by atoms with Crippen LogP contribution in [0.4, 0.5) is 8.78 Å². The number of halogens is 2. The minimum absolute atomic E-state index is 0.00490. The first-order valence-corrected chi connectivity index (χ1v) is 13.2. The number of hydrogen-bond acceptors (Lipinski definition) is 8. The standard InChI is InChI=1S/C29H36F2N2O8/c1-36-21-12-17(13-22(37-2)25(21)40-5)8-7-11-32-16-19-9-10-20(27(32)34)33(19)28(35)29(30,31)18-14-23(38-3)26(41-6)24(15-18)39-4/h12-15,19-20H,7-11,16H2,1-6H3. The van der Waals surface area contributed by atoms with E-state index in [1.807, 2.05) is 12.1 Å². The molecule has 2 atom stereocenters. The van der Waals surface area contributed by atoms with Gasteiger partial charge in [0, 0.05) is 18.7 Å². The predicted octanol–water partition coefficient (Wildman–Crippen LogP) is 3.66. The molecule has 2 aliphatic rings. The van der Waals surface area contributed by atoms with Crippen LogP contribution in [0, 0.1) is 0 Å². The summed E-state index contributed by atoms with van der Waals surface area (Å²) >= 11 is 0.